The van der Waals surface area contributed by atoms with Crippen molar-refractivity contribution in [2.24, 2.45) is 11.3 Å². The van der Waals surface area contributed by atoms with Gasteiger partial charge in [0, 0.05) is 31.2 Å². The fourth-order valence-corrected chi connectivity index (χ4v) is 4.62. The van der Waals surface area contributed by atoms with Crippen LogP contribution in [0.4, 0.5) is 0 Å². The summed E-state index contributed by atoms with van der Waals surface area (Å²) in [4.78, 5) is 2.85. The molecule has 0 radical (unpaired) electrons. The first-order valence-corrected chi connectivity index (χ1v) is 8.45. The van der Waals surface area contributed by atoms with Crippen LogP contribution in [0.2, 0.25) is 0 Å². The lowest BCUT2D eigenvalue weighted by Crippen LogP contribution is -2.49. The molecule has 3 aliphatic rings. The molecule has 2 atom stereocenters. The van der Waals surface area contributed by atoms with Gasteiger partial charge in [0.25, 0.3) is 0 Å². The van der Waals surface area contributed by atoms with E-state index in [0.717, 1.165) is 12.0 Å². The number of nitrogens with one attached hydrogen (secondary N) is 1. The Morgan fingerprint density at radius 2 is 1.89 bits per heavy atom. The Morgan fingerprint density at radius 3 is 2.42 bits per heavy atom. The van der Waals surface area contributed by atoms with E-state index in [-0.39, 0.29) is 5.54 Å². The van der Waals surface area contributed by atoms with E-state index in [2.05, 4.69) is 31.0 Å². The topological polar surface area (TPSA) is 15.3 Å². The minimum Gasteiger partial charge on any atom is -0.311 e. The molecule has 2 heteroatoms. The molecule has 0 spiro atoms. The highest BCUT2D eigenvalue weighted by atomic mass is 15.2. The number of hydrogen-bond donors (Lipinski definition) is 1. The molecule has 2 nitrogen and oxygen atoms in total. The molecule has 0 aromatic carbocycles. The summed E-state index contributed by atoms with van der Waals surface area (Å²) in [6, 6.07) is 0.942. The minimum absolute atomic E-state index is 0.263. The van der Waals surface area contributed by atoms with Crippen molar-refractivity contribution in [3.05, 3.63) is 0 Å². The Hall–Kier alpha value is -0.0800. The molecule has 2 saturated carbocycles. The minimum atomic E-state index is 0.263. The quantitative estimate of drug-likeness (QED) is 0.837. The van der Waals surface area contributed by atoms with E-state index in [1.807, 2.05) is 0 Å². The zero-order valence-electron chi connectivity index (χ0n) is 13.2. The van der Waals surface area contributed by atoms with Crippen LogP contribution in [0.15, 0.2) is 0 Å². The van der Waals surface area contributed by atoms with Crippen LogP contribution in [-0.4, -0.2) is 36.1 Å². The smallest absolute Gasteiger partial charge is 0.00988 e. The normalized spacial score (nSPS) is 34.3. The summed E-state index contributed by atoms with van der Waals surface area (Å²) < 4.78 is 0. The summed E-state index contributed by atoms with van der Waals surface area (Å²) >= 11 is 0. The second-order valence-electron chi connectivity index (χ2n) is 8.57. The third-order valence-corrected chi connectivity index (χ3v) is 5.72. The average Bonchev–Trinajstić information content (AvgIpc) is 3.02. The van der Waals surface area contributed by atoms with Crippen LogP contribution >= 0.6 is 0 Å². The lowest BCUT2D eigenvalue weighted by atomic mass is 9.84. The van der Waals surface area contributed by atoms with Gasteiger partial charge in [-0.25, -0.2) is 0 Å². The predicted molar refractivity (Wildman–Crippen MR) is 81.4 cm³/mol. The van der Waals surface area contributed by atoms with Crippen molar-refractivity contribution >= 4 is 0 Å². The van der Waals surface area contributed by atoms with Gasteiger partial charge >= 0.3 is 0 Å². The number of fused-ring (bicyclic) bond motifs is 2. The second-order valence-corrected chi connectivity index (χ2v) is 8.57. The summed E-state index contributed by atoms with van der Waals surface area (Å²) in [5.41, 5.74) is 0.845. The largest absolute Gasteiger partial charge is 0.311 e. The Labute approximate surface area is 119 Å². The van der Waals surface area contributed by atoms with Gasteiger partial charge in [0.1, 0.15) is 0 Å². The third-order valence-electron chi connectivity index (χ3n) is 5.72. The van der Waals surface area contributed by atoms with Crippen LogP contribution in [0.5, 0.6) is 0 Å². The van der Waals surface area contributed by atoms with E-state index < -0.39 is 0 Å². The summed E-state index contributed by atoms with van der Waals surface area (Å²) in [5.74, 6) is 1.04. The van der Waals surface area contributed by atoms with E-state index >= 15 is 0 Å². The van der Waals surface area contributed by atoms with Crippen molar-refractivity contribution in [1.29, 1.82) is 0 Å². The first-order chi connectivity index (χ1) is 8.96. The number of nitrogens with zero attached hydrogens (tertiary/aromatic N) is 1. The highest BCUT2D eigenvalue weighted by Gasteiger charge is 2.43. The molecule has 0 aromatic rings. The number of hydrogen-bond acceptors (Lipinski definition) is 2. The van der Waals surface area contributed by atoms with Crippen molar-refractivity contribution in [3.8, 4) is 0 Å². The lowest BCUT2D eigenvalue weighted by Gasteiger charge is -2.39. The highest BCUT2D eigenvalue weighted by Crippen LogP contribution is 2.43. The monoisotopic (exact) mass is 264 g/mol. The molecular weight excluding hydrogens is 232 g/mol. The molecule has 2 bridgehead atoms. The summed E-state index contributed by atoms with van der Waals surface area (Å²) in [6.45, 7) is 10.9. The number of likely N-dealkylation sites (tertiary alicyclic amines) is 1. The summed E-state index contributed by atoms with van der Waals surface area (Å²) in [6.07, 6.45) is 10.3. The van der Waals surface area contributed by atoms with Gasteiger partial charge in [0.05, 0.1) is 0 Å². The van der Waals surface area contributed by atoms with Crippen molar-refractivity contribution < 1.29 is 0 Å². The van der Waals surface area contributed by atoms with Crippen LogP contribution in [0.3, 0.4) is 0 Å². The van der Waals surface area contributed by atoms with Crippen molar-refractivity contribution in [1.82, 2.24) is 10.2 Å². The van der Waals surface area contributed by atoms with Gasteiger partial charge in [0.15, 0.2) is 0 Å². The van der Waals surface area contributed by atoms with E-state index in [4.69, 9.17) is 0 Å². The maximum atomic E-state index is 3.80. The predicted octanol–water partition coefficient (Wildman–Crippen LogP) is 3.42. The van der Waals surface area contributed by atoms with Crippen molar-refractivity contribution in [2.45, 2.75) is 77.3 Å². The lowest BCUT2D eigenvalue weighted by molar-refractivity contribution is 0.113. The maximum absolute atomic E-state index is 3.80. The molecule has 1 aliphatic heterocycles. The number of rotatable bonds is 4. The van der Waals surface area contributed by atoms with Gasteiger partial charge in [-0.05, 0) is 64.2 Å². The van der Waals surface area contributed by atoms with Crippen LogP contribution in [0.25, 0.3) is 0 Å². The molecule has 1 N–H and O–H groups in total. The molecule has 1 heterocycles. The van der Waals surface area contributed by atoms with Gasteiger partial charge in [-0.15, -0.1) is 0 Å². The Kier molecular flexibility index (Phi) is 3.68. The Morgan fingerprint density at radius 1 is 1.16 bits per heavy atom. The molecule has 0 aromatic heterocycles. The van der Waals surface area contributed by atoms with Gasteiger partial charge in [-0.3, -0.25) is 4.90 Å². The average molecular weight is 264 g/mol. The Balaban J connectivity index is 1.60. The van der Waals surface area contributed by atoms with Gasteiger partial charge in [0.2, 0.25) is 0 Å². The van der Waals surface area contributed by atoms with E-state index in [1.165, 1.54) is 64.6 Å². The molecule has 0 amide bonds. The molecule has 110 valence electrons. The van der Waals surface area contributed by atoms with Crippen molar-refractivity contribution in [2.75, 3.05) is 19.6 Å². The first-order valence-electron chi connectivity index (χ1n) is 8.45. The van der Waals surface area contributed by atoms with E-state index in [1.54, 1.807) is 0 Å². The van der Waals surface area contributed by atoms with Crippen LogP contribution in [0, 0.1) is 11.3 Å². The summed E-state index contributed by atoms with van der Waals surface area (Å²) in [7, 11) is 0. The molecule has 2 unspecified atom stereocenters. The van der Waals surface area contributed by atoms with Gasteiger partial charge in [-0.1, -0.05) is 12.8 Å². The fraction of sp³-hybridized carbons (Fsp3) is 1.00. The molecule has 3 fully saturated rings. The molecule has 2 aliphatic carbocycles. The van der Waals surface area contributed by atoms with Gasteiger partial charge in [-0.2, -0.15) is 0 Å². The SMILES string of the molecule is CC(C)(C)NCC1(CN2CC3CCC2C3)CCCC1. The first kappa shape index (κ1) is 13.9. The molecule has 19 heavy (non-hydrogen) atoms. The zero-order chi connectivity index (χ0) is 13.5. The van der Waals surface area contributed by atoms with Crippen LogP contribution in [0.1, 0.15) is 65.7 Å². The van der Waals surface area contributed by atoms with Crippen molar-refractivity contribution in [3.63, 3.8) is 0 Å². The summed E-state index contributed by atoms with van der Waals surface area (Å²) in [5, 5.41) is 3.80. The third kappa shape index (κ3) is 3.16. The molecule has 3 rings (SSSR count). The van der Waals surface area contributed by atoms with Crippen LogP contribution < -0.4 is 5.32 Å². The van der Waals surface area contributed by atoms with Crippen LogP contribution in [-0.2, 0) is 0 Å². The standard InChI is InChI=1S/C17H32N2/c1-16(2,3)18-12-17(8-4-5-9-17)13-19-11-14-6-7-15(19)10-14/h14-15,18H,4-13H2,1-3H3. The maximum Gasteiger partial charge on any atom is 0.00988 e. The fourth-order valence-electron chi connectivity index (χ4n) is 4.62. The molecule has 1 saturated heterocycles. The Bertz CT molecular complexity index is 312. The van der Waals surface area contributed by atoms with E-state index in [9.17, 15) is 0 Å². The molecular formula is C17H32N2. The van der Waals surface area contributed by atoms with E-state index in [0.29, 0.717) is 5.41 Å². The highest BCUT2D eigenvalue weighted by molar-refractivity contribution is 4.98. The zero-order valence-corrected chi connectivity index (χ0v) is 13.2. The second kappa shape index (κ2) is 5.04. The number of piperidine rings is 1. The van der Waals surface area contributed by atoms with Gasteiger partial charge < -0.3 is 5.32 Å².